The molecule has 0 saturated carbocycles. The van der Waals surface area contributed by atoms with E-state index in [-0.39, 0.29) is 25.4 Å². The van der Waals surface area contributed by atoms with E-state index < -0.39 is 11.9 Å². The molecular formula is C18H35NO6. The third kappa shape index (κ3) is 27.5. The smallest absolute Gasteiger partial charge is 0.303 e. The Hall–Kier alpha value is -1.63. The van der Waals surface area contributed by atoms with Gasteiger partial charge in [-0.1, -0.05) is 58.3 Å². The van der Waals surface area contributed by atoms with Crippen molar-refractivity contribution in [1.82, 2.24) is 5.32 Å². The largest absolute Gasteiger partial charge is 0.481 e. The van der Waals surface area contributed by atoms with Crippen molar-refractivity contribution < 1.29 is 29.7 Å². The minimum Gasteiger partial charge on any atom is -0.481 e. The Morgan fingerprint density at radius 3 is 1.56 bits per heavy atom. The second-order valence-electron chi connectivity index (χ2n) is 5.94. The fraction of sp³-hybridized carbons (Fsp3) is 0.833. The second-order valence-corrected chi connectivity index (χ2v) is 5.94. The number of carboxylic acids is 2. The first-order valence-electron chi connectivity index (χ1n) is 9.25. The summed E-state index contributed by atoms with van der Waals surface area (Å²) in [7, 11) is 0. The lowest BCUT2D eigenvalue weighted by atomic mass is 10.1. The summed E-state index contributed by atoms with van der Waals surface area (Å²) in [5.74, 6) is -2.08. The molecule has 0 fully saturated rings. The number of aliphatic carboxylic acids is 2. The Bertz CT molecular complexity index is 332. The van der Waals surface area contributed by atoms with Gasteiger partial charge in [-0.15, -0.1) is 0 Å². The Labute approximate surface area is 150 Å². The Balaban J connectivity index is 0. The molecule has 0 aromatic heterocycles. The lowest BCUT2D eigenvalue weighted by Gasteiger charge is -2.03. The third-order valence-corrected chi connectivity index (χ3v) is 3.49. The molecule has 0 heterocycles. The molecule has 7 nitrogen and oxygen atoms in total. The fourth-order valence-corrected chi connectivity index (χ4v) is 2.09. The first-order chi connectivity index (χ1) is 11.9. The summed E-state index contributed by atoms with van der Waals surface area (Å²) in [6.07, 6.45) is 11.5. The van der Waals surface area contributed by atoms with E-state index in [2.05, 4.69) is 12.2 Å². The van der Waals surface area contributed by atoms with Crippen molar-refractivity contribution in [3.05, 3.63) is 0 Å². The van der Waals surface area contributed by atoms with E-state index in [1.54, 1.807) is 0 Å². The number of nitrogens with one attached hydrogen (secondary N) is 1. The molecule has 0 atom stereocenters. The molecule has 4 N–H and O–H groups in total. The summed E-state index contributed by atoms with van der Waals surface area (Å²) in [5, 5.41) is 27.0. The van der Waals surface area contributed by atoms with Crippen LogP contribution in [0.2, 0.25) is 0 Å². The van der Waals surface area contributed by atoms with Gasteiger partial charge in [-0.25, -0.2) is 0 Å². The molecule has 0 saturated heterocycles. The van der Waals surface area contributed by atoms with Gasteiger partial charge in [0.05, 0.1) is 19.4 Å². The molecule has 0 bridgehead atoms. The van der Waals surface area contributed by atoms with Crippen molar-refractivity contribution >= 4 is 17.8 Å². The zero-order chi connectivity index (χ0) is 19.3. The number of aliphatic hydroxyl groups is 1. The van der Waals surface area contributed by atoms with Crippen molar-refractivity contribution in [3.8, 4) is 0 Å². The van der Waals surface area contributed by atoms with Gasteiger partial charge in [-0.05, 0) is 6.42 Å². The summed E-state index contributed by atoms with van der Waals surface area (Å²) >= 11 is 0. The zero-order valence-corrected chi connectivity index (χ0v) is 15.5. The predicted molar refractivity (Wildman–Crippen MR) is 96.4 cm³/mol. The van der Waals surface area contributed by atoms with E-state index in [1.165, 1.54) is 44.9 Å². The number of hydrogen-bond acceptors (Lipinski definition) is 4. The van der Waals surface area contributed by atoms with Gasteiger partial charge in [0.2, 0.25) is 5.91 Å². The van der Waals surface area contributed by atoms with Gasteiger partial charge in [0, 0.05) is 13.0 Å². The van der Waals surface area contributed by atoms with Crippen molar-refractivity contribution in [2.75, 3.05) is 13.2 Å². The van der Waals surface area contributed by atoms with E-state index in [9.17, 15) is 14.4 Å². The van der Waals surface area contributed by atoms with Crippen LogP contribution in [0.15, 0.2) is 0 Å². The molecule has 7 heteroatoms. The predicted octanol–water partition coefficient (Wildman–Crippen LogP) is 2.95. The van der Waals surface area contributed by atoms with Crippen LogP contribution < -0.4 is 5.32 Å². The van der Waals surface area contributed by atoms with Crippen LogP contribution >= 0.6 is 0 Å². The maximum Gasteiger partial charge on any atom is 0.303 e. The summed E-state index contributed by atoms with van der Waals surface area (Å²) in [5.41, 5.74) is 0. The molecule has 0 aliphatic carbocycles. The molecule has 0 spiro atoms. The van der Waals surface area contributed by atoms with E-state index in [1.807, 2.05) is 0 Å². The molecule has 0 rings (SSSR count). The van der Waals surface area contributed by atoms with Crippen molar-refractivity contribution in [3.63, 3.8) is 0 Å². The van der Waals surface area contributed by atoms with E-state index in [0.29, 0.717) is 13.0 Å². The van der Waals surface area contributed by atoms with Crippen LogP contribution in [-0.4, -0.2) is 46.3 Å². The molecule has 0 radical (unpaired) electrons. The number of hydrogen-bond donors (Lipinski definition) is 4. The molecule has 148 valence electrons. The maximum absolute atomic E-state index is 11.2. The number of unbranched alkanes of at least 4 members (excludes halogenated alkanes) is 8. The van der Waals surface area contributed by atoms with Gasteiger partial charge in [-0.3, -0.25) is 14.4 Å². The lowest BCUT2D eigenvalue weighted by Crippen LogP contribution is -2.25. The molecule has 0 aromatic carbocycles. The lowest BCUT2D eigenvalue weighted by molar-refractivity contribution is -0.143. The number of carbonyl (C=O) groups excluding carboxylic acids is 1. The van der Waals surface area contributed by atoms with Crippen molar-refractivity contribution in [1.29, 1.82) is 0 Å². The van der Waals surface area contributed by atoms with Gasteiger partial charge >= 0.3 is 11.9 Å². The Kier molecular flexibility index (Phi) is 20.9. The number of carbonyl (C=O) groups is 3. The van der Waals surface area contributed by atoms with Gasteiger partial charge < -0.3 is 20.6 Å². The SMILES string of the molecule is CCCCCCCCCCCC(=O)NCCO.O=C(O)CCC(=O)O. The summed E-state index contributed by atoms with van der Waals surface area (Å²) < 4.78 is 0. The maximum atomic E-state index is 11.2. The topological polar surface area (TPSA) is 124 Å². The van der Waals surface area contributed by atoms with Crippen LogP contribution in [0.3, 0.4) is 0 Å². The van der Waals surface area contributed by atoms with E-state index in [0.717, 1.165) is 12.8 Å². The van der Waals surface area contributed by atoms with Crippen molar-refractivity contribution in [2.24, 2.45) is 0 Å². The van der Waals surface area contributed by atoms with E-state index in [4.69, 9.17) is 15.3 Å². The molecule has 1 amide bonds. The van der Waals surface area contributed by atoms with Crippen LogP contribution in [0, 0.1) is 0 Å². The van der Waals surface area contributed by atoms with Gasteiger partial charge in [0.25, 0.3) is 0 Å². The first-order valence-corrected chi connectivity index (χ1v) is 9.25. The highest BCUT2D eigenvalue weighted by molar-refractivity contribution is 5.75. The monoisotopic (exact) mass is 361 g/mol. The minimum atomic E-state index is -1.08. The van der Waals surface area contributed by atoms with Crippen LogP contribution in [0.1, 0.15) is 84.0 Å². The Morgan fingerprint density at radius 2 is 1.16 bits per heavy atom. The van der Waals surface area contributed by atoms with Gasteiger partial charge in [0.15, 0.2) is 0 Å². The molecular weight excluding hydrogens is 326 g/mol. The van der Waals surface area contributed by atoms with Crippen molar-refractivity contribution in [2.45, 2.75) is 84.0 Å². The molecule has 0 unspecified atom stereocenters. The number of carboxylic acid groups (broad SMARTS) is 2. The van der Waals surface area contributed by atoms with Crippen LogP contribution in [0.25, 0.3) is 0 Å². The molecule has 25 heavy (non-hydrogen) atoms. The molecule has 0 aromatic rings. The Morgan fingerprint density at radius 1 is 0.720 bits per heavy atom. The first kappa shape index (κ1) is 25.6. The molecule has 0 aliphatic rings. The van der Waals surface area contributed by atoms with Crippen LogP contribution in [-0.2, 0) is 14.4 Å². The summed E-state index contributed by atoms with van der Waals surface area (Å²) in [6.45, 7) is 2.65. The van der Waals surface area contributed by atoms with E-state index >= 15 is 0 Å². The normalized spacial score (nSPS) is 9.84. The number of amides is 1. The minimum absolute atomic E-state index is 0.0312. The summed E-state index contributed by atoms with van der Waals surface area (Å²) in [4.78, 5) is 30.5. The number of aliphatic hydroxyl groups excluding tert-OH is 1. The highest BCUT2D eigenvalue weighted by Crippen LogP contribution is 2.10. The highest BCUT2D eigenvalue weighted by atomic mass is 16.4. The number of rotatable bonds is 15. The average Bonchev–Trinajstić information content (AvgIpc) is 2.57. The second kappa shape index (κ2) is 20.4. The molecule has 0 aliphatic heterocycles. The summed E-state index contributed by atoms with van der Waals surface area (Å²) in [6, 6.07) is 0. The fourth-order valence-electron chi connectivity index (χ4n) is 2.09. The average molecular weight is 361 g/mol. The van der Waals surface area contributed by atoms with Gasteiger partial charge in [-0.2, -0.15) is 0 Å². The van der Waals surface area contributed by atoms with Gasteiger partial charge in [0.1, 0.15) is 0 Å². The highest BCUT2D eigenvalue weighted by Gasteiger charge is 2.00. The quantitative estimate of drug-likeness (QED) is 0.332. The standard InChI is InChI=1S/C14H29NO2.C4H6O4/c1-2-3-4-5-6-7-8-9-10-11-14(17)15-12-13-16;5-3(6)1-2-4(7)8/h16H,2-13H2,1H3,(H,15,17);1-2H2,(H,5,6)(H,7,8). The van der Waals surface area contributed by atoms with Crippen LogP contribution in [0.4, 0.5) is 0 Å². The van der Waals surface area contributed by atoms with Crippen LogP contribution in [0.5, 0.6) is 0 Å². The zero-order valence-electron chi connectivity index (χ0n) is 15.5. The third-order valence-electron chi connectivity index (χ3n) is 3.49.